The van der Waals surface area contributed by atoms with Gasteiger partial charge in [-0.1, -0.05) is 74.5 Å². The Morgan fingerprint density at radius 1 is 0.543 bits per heavy atom. The number of carbonyl (C=O) groups excluding carboxylic acids is 9. The summed E-state index contributed by atoms with van der Waals surface area (Å²) in [6.45, 7) is 1.41. The van der Waals surface area contributed by atoms with E-state index in [-0.39, 0.29) is 43.8 Å². The zero-order valence-electron chi connectivity index (χ0n) is 44.1. The van der Waals surface area contributed by atoms with E-state index in [1.54, 1.807) is 74.6 Å². The van der Waals surface area contributed by atoms with Crippen LogP contribution in [0.3, 0.4) is 0 Å². The molecule has 28 heteroatoms. The van der Waals surface area contributed by atoms with Gasteiger partial charge >= 0.3 is 17.9 Å². The minimum absolute atomic E-state index is 0.0350. The summed E-state index contributed by atoms with van der Waals surface area (Å²) in [5.41, 5.74) is 13.1. The van der Waals surface area contributed by atoms with Gasteiger partial charge in [0.15, 0.2) is 0 Å². The van der Waals surface area contributed by atoms with Gasteiger partial charge in [-0.25, -0.2) is 4.79 Å². The maximum atomic E-state index is 14.3. The molecule has 1 aromatic heterocycles. The second kappa shape index (κ2) is 31.2. The first-order valence-electron chi connectivity index (χ1n) is 25.4. The molecule has 0 aliphatic rings. The molecule has 9 amide bonds. The number of aliphatic hydroxyl groups is 1. The second-order valence-electron chi connectivity index (χ2n) is 19.3. The zero-order valence-corrected chi connectivity index (χ0v) is 44.1. The number of carboxylic acids is 3. The lowest BCUT2D eigenvalue weighted by molar-refractivity contribution is -0.144. The van der Waals surface area contributed by atoms with E-state index in [4.69, 9.17) is 16.6 Å². The Labute approximate surface area is 462 Å². The van der Waals surface area contributed by atoms with Gasteiger partial charge in [-0.2, -0.15) is 0 Å². The third-order valence-electron chi connectivity index (χ3n) is 12.3. The summed E-state index contributed by atoms with van der Waals surface area (Å²) >= 11 is 0. The van der Waals surface area contributed by atoms with Crippen molar-refractivity contribution >= 4 is 82.0 Å². The number of nitrogens with one attached hydrogen (secondary N) is 9. The van der Waals surface area contributed by atoms with Crippen molar-refractivity contribution in [1.29, 1.82) is 0 Å². The quantitative estimate of drug-likeness (QED) is 0.0227. The molecule has 0 fully saturated rings. The maximum Gasteiger partial charge on any atom is 0.326 e. The minimum Gasteiger partial charge on any atom is -0.508 e. The highest BCUT2D eigenvalue weighted by Crippen LogP contribution is 2.20. The summed E-state index contributed by atoms with van der Waals surface area (Å²) in [6.07, 6.45) is -1.93. The highest BCUT2D eigenvalue weighted by Gasteiger charge is 2.35. The molecule has 0 saturated heterocycles. The van der Waals surface area contributed by atoms with E-state index < -0.39 is 152 Å². The average molecular weight is 1130 g/mol. The highest BCUT2D eigenvalue weighted by atomic mass is 16.4. The summed E-state index contributed by atoms with van der Waals surface area (Å²) in [7, 11) is 0. The van der Waals surface area contributed by atoms with Gasteiger partial charge in [0.1, 0.15) is 48.0 Å². The van der Waals surface area contributed by atoms with Gasteiger partial charge in [0, 0.05) is 42.8 Å². The Hall–Kier alpha value is -9.44. The summed E-state index contributed by atoms with van der Waals surface area (Å²) in [5.74, 6) is -14.2. The standard InChI is InChI=1S/C53H67N11O17/c1-27(2)18-40(53(80)81)64-51(78)39(23-45(71)72)63-49(76)35(19-28-8-4-3-5-9-28)60-48(75)36(20-29-12-14-31(66)15-13-29)61-52(79)41(26-65)58-43(68)25-57-47(74)37(21-30-24-56-34-11-7-6-10-32(30)34)62-50(77)38(22-42(55)67)59-46(73)33(54)16-17-44(69)70/h3-15,24,27,33,35-41,56,65-66H,16-23,25-26,54H2,1-2H3,(H2,55,67)(H,57,74)(H,58,68)(H,59,73)(H,60,75)(H,61,79)(H,62,77)(H,63,76)(H,64,78)(H,69,70)(H,71,72)(H,80,81)/t33-,35-,36-,37-,38-,39-,40-,41-/m0/s1. The summed E-state index contributed by atoms with van der Waals surface area (Å²) < 4.78 is 0. The van der Waals surface area contributed by atoms with E-state index in [9.17, 15) is 78.0 Å². The number of aromatic hydroxyl groups is 1. The molecule has 0 bridgehead atoms. The van der Waals surface area contributed by atoms with Crippen LogP contribution >= 0.6 is 0 Å². The van der Waals surface area contributed by atoms with Gasteiger partial charge in [-0.05, 0) is 53.6 Å². The van der Waals surface area contributed by atoms with Crippen molar-refractivity contribution in [3.05, 3.63) is 102 Å². The molecule has 0 unspecified atom stereocenters. The number of hydrogen-bond acceptors (Lipinski definition) is 15. The van der Waals surface area contributed by atoms with E-state index in [1.807, 2.05) is 0 Å². The van der Waals surface area contributed by atoms with Crippen molar-refractivity contribution in [1.82, 2.24) is 47.5 Å². The molecule has 81 heavy (non-hydrogen) atoms. The monoisotopic (exact) mass is 1130 g/mol. The Balaban J connectivity index is 1.55. The number of nitrogens with two attached hydrogens (primary N) is 2. The van der Waals surface area contributed by atoms with Crippen molar-refractivity contribution in [2.75, 3.05) is 13.2 Å². The number of benzene rings is 3. The number of aliphatic carboxylic acids is 3. The number of aliphatic hydroxyl groups excluding tert-OH is 1. The van der Waals surface area contributed by atoms with E-state index in [0.29, 0.717) is 27.6 Å². The van der Waals surface area contributed by atoms with Crippen LogP contribution in [0.5, 0.6) is 5.75 Å². The Morgan fingerprint density at radius 3 is 1.58 bits per heavy atom. The van der Waals surface area contributed by atoms with Gasteiger partial charge in [-0.15, -0.1) is 0 Å². The van der Waals surface area contributed by atoms with Crippen LogP contribution in [0.1, 0.15) is 62.6 Å². The number of phenolic OH excluding ortho intramolecular Hbond substituents is 1. The van der Waals surface area contributed by atoms with Crippen LogP contribution in [-0.4, -0.2) is 163 Å². The number of phenols is 1. The SMILES string of the molecule is CC(C)C[C@H](NC(=O)[C@H](CC(=O)O)NC(=O)[C@H](Cc1ccccc1)NC(=O)[C@H](Cc1ccc(O)cc1)NC(=O)[C@H](CO)NC(=O)CNC(=O)[C@H](Cc1c[nH]c2ccccc12)NC(=O)[C@H](CC(N)=O)NC(=O)[C@@H](N)CCC(=O)O)C(=O)O. The van der Waals surface area contributed by atoms with E-state index in [2.05, 4.69) is 47.5 Å². The number of aromatic amines is 1. The van der Waals surface area contributed by atoms with Gasteiger partial charge < -0.3 is 84.5 Å². The Kier molecular flexibility index (Phi) is 24.7. The molecule has 4 rings (SSSR count). The summed E-state index contributed by atoms with van der Waals surface area (Å²) in [6, 6.07) is 7.40. The number of para-hydroxylation sites is 1. The Morgan fingerprint density at radius 2 is 1.04 bits per heavy atom. The molecular formula is C53H67N11O17. The molecule has 0 radical (unpaired) electrons. The molecule has 0 aliphatic heterocycles. The highest BCUT2D eigenvalue weighted by molar-refractivity contribution is 5.99. The lowest BCUT2D eigenvalue weighted by Gasteiger charge is -2.27. The molecule has 3 aromatic carbocycles. The molecule has 1 heterocycles. The van der Waals surface area contributed by atoms with Gasteiger partial charge in [0.05, 0.1) is 32.0 Å². The largest absolute Gasteiger partial charge is 0.508 e. The first-order chi connectivity index (χ1) is 38.3. The zero-order chi connectivity index (χ0) is 59.9. The number of carbonyl (C=O) groups is 12. The molecule has 4 aromatic rings. The van der Waals surface area contributed by atoms with Crippen LogP contribution in [0.15, 0.2) is 85.1 Å². The van der Waals surface area contributed by atoms with Crippen molar-refractivity contribution < 1.29 is 83.1 Å². The molecule has 18 N–H and O–H groups in total. The van der Waals surface area contributed by atoms with Crippen LogP contribution < -0.4 is 54.0 Å². The fraction of sp³-hybridized carbons (Fsp3) is 0.396. The first kappa shape index (κ1) is 64.1. The van der Waals surface area contributed by atoms with Crippen LogP contribution in [0.4, 0.5) is 0 Å². The maximum absolute atomic E-state index is 14.3. The lowest BCUT2D eigenvalue weighted by atomic mass is 10.0. The van der Waals surface area contributed by atoms with Crippen molar-refractivity contribution in [2.24, 2.45) is 17.4 Å². The van der Waals surface area contributed by atoms with Crippen LogP contribution in [0.2, 0.25) is 0 Å². The molecule has 0 saturated carbocycles. The fourth-order valence-electron chi connectivity index (χ4n) is 8.13. The molecule has 0 spiro atoms. The number of amides is 9. The van der Waals surface area contributed by atoms with Gasteiger partial charge in [-0.3, -0.25) is 52.7 Å². The van der Waals surface area contributed by atoms with E-state index in [0.717, 1.165) is 0 Å². The van der Waals surface area contributed by atoms with Crippen LogP contribution in [0, 0.1) is 5.92 Å². The van der Waals surface area contributed by atoms with Crippen LogP contribution in [0.25, 0.3) is 10.9 Å². The average Bonchev–Trinajstić information content (AvgIpc) is 3.85. The van der Waals surface area contributed by atoms with E-state index in [1.165, 1.54) is 24.3 Å². The number of aromatic nitrogens is 1. The van der Waals surface area contributed by atoms with Crippen LogP contribution in [-0.2, 0) is 76.8 Å². The molecule has 28 nitrogen and oxygen atoms in total. The van der Waals surface area contributed by atoms with E-state index >= 15 is 0 Å². The minimum atomic E-state index is -1.83. The molecule has 8 atom stereocenters. The lowest BCUT2D eigenvalue weighted by Crippen LogP contribution is -2.60. The topological polar surface area (TPSA) is 470 Å². The molecular weight excluding hydrogens is 1060 g/mol. The number of hydrogen-bond donors (Lipinski definition) is 16. The third kappa shape index (κ3) is 21.4. The van der Waals surface area contributed by atoms with Gasteiger partial charge in [0.25, 0.3) is 0 Å². The number of fused-ring (bicyclic) bond motifs is 1. The predicted molar refractivity (Wildman–Crippen MR) is 286 cm³/mol. The molecule has 0 aliphatic carbocycles. The van der Waals surface area contributed by atoms with Crippen molar-refractivity contribution in [3.63, 3.8) is 0 Å². The number of H-pyrrole nitrogens is 1. The smallest absolute Gasteiger partial charge is 0.326 e. The number of rotatable bonds is 33. The first-order valence-corrected chi connectivity index (χ1v) is 25.4. The summed E-state index contributed by atoms with van der Waals surface area (Å²) in [5, 5.41) is 68.1. The van der Waals surface area contributed by atoms with Crippen molar-refractivity contribution in [2.45, 2.75) is 114 Å². The fourth-order valence-corrected chi connectivity index (χ4v) is 8.13. The normalized spacial score (nSPS) is 14.0. The summed E-state index contributed by atoms with van der Waals surface area (Å²) in [4.78, 5) is 160. The number of carboxylic acid groups (broad SMARTS) is 3. The van der Waals surface area contributed by atoms with Crippen molar-refractivity contribution in [3.8, 4) is 5.75 Å². The predicted octanol–water partition coefficient (Wildman–Crippen LogP) is -2.92. The number of primary amides is 1. The van der Waals surface area contributed by atoms with Gasteiger partial charge in [0.2, 0.25) is 53.2 Å². The third-order valence-corrected chi connectivity index (χ3v) is 12.3. The second-order valence-corrected chi connectivity index (χ2v) is 19.3. The molecule has 436 valence electrons. The Bertz CT molecular complexity index is 2900.